The minimum atomic E-state index is 0. The maximum Gasteiger partial charge on any atom is 0.00947 e. The predicted octanol–water partition coefficient (Wildman–Crippen LogP) is 0.282. The molecule has 0 aliphatic rings. The van der Waals surface area contributed by atoms with E-state index in [0.717, 1.165) is 13.0 Å². The Balaban J connectivity index is 0. The van der Waals surface area contributed by atoms with E-state index in [2.05, 4.69) is 12.3 Å². The van der Waals surface area contributed by atoms with Crippen LogP contribution >= 0.6 is 12.4 Å². The van der Waals surface area contributed by atoms with Crippen molar-refractivity contribution in [2.75, 3.05) is 6.54 Å². The van der Waals surface area contributed by atoms with E-state index in [1.807, 2.05) is 0 Å². The van der Waals surface area contributed by atoms with Gasteiger partial charge in [-0.3, -0.25) is 11.3 Å². The first-order chi connectivity index (χ1) is 2.41. The second-order valence-electron chi connectivity index (χ2n) is 0.954. The maximum atomic E-state index is 4.89. The van der Waals surface area contributed by atoms with Gasteiger partial charge < -0.3 is 0 Å². The molecule has 0 spiro atoms. The molecule has 0 aliphatic heterocycles. The second-order valence-corrected chi connectivity index (χ2v) is 0.954. The molecule has 0 amide bonds. The Hall–Kier alpha value is 0.210. The van der Waals surface area contributed by atoms with Gasteiger partial charge in [-0.2, -0.15) is 0 Å². The first kappa shape index (κ1) is 9.51. The van der Waals surface area contributed by atoms with Gasteiger partial charge in [-0.25, -0.2) is 0 Å². The molecule has 0 unspecified atom stereocenters. The molecule has 0 rings (SSSR count). The fourth-order valence-corrected chi connectivity index (χ4v) is 0.144. The molecule has 0 aromatic heterocycles. The predicted molar refractivity (Wildman–Crippen MR) is 29.7 cm³/mol. The lowest BCUT2D eigenvalue weighted by molar-refractivity contribution is 0.714. The third kappa shape index (κ3) is 8.88. The quantitative estimate of drug-likeness (QED) is 0.396. The van der Waals surface area contributed by atoms with Crippen LogP contribution in [0.15, 0.2) is 0 Å². The molecule has 3 N–H and O–H groups in total. The average Bonchev–Trinajstić information content (AvgIpc) is 1.41. The maximum absolute atomic E-state index is 4.89. The SMILES string of the molecule is CCCNN.Cl. The highest BCUT2D eigenvalue weighted by Crippen LogP contribution is 1.61. The van der Waals surface area contributed by atoms with Crippen molar-refractivity contribution in [3.05, 3.63) is 0 Å². The van der Waals surface area contributed by atoms with Crippen LogP contribution in [0.25, 0.3) is 0 Å². The lowest BCUT2D eigenvalue weighted by atomic mass is 10.5. The largest absolute Gasteiger partial charge is 0.271 e. The third-order valence-electron chi connectivity index (χ3n) is 0.394. The summed E-state index contributed by atoms with van der Waals surface area (Å²) >= 11 is 0. The zero-order valence-corrected chi connectivity index (χ0v) is 4.72. The van der Waals surface area contributed by atoms with Gasteiger partial charge in [-0.1, -0.05) is 6.92 Å². The van der Waals surface area contributed by atoms with E-state index in [4.69, 9.17) is 5.84 Å². The lowest BCUT2D eigenvalue weighted by Crippen LogP contribution is -2.21. The van der Waals surface area contributed by atoms with E-state index < -0.39 is 0 Å². The highest BCUT2D eigenvalue weighted by molar-refractivity contribution is 5.85. The van der Waals surface area contributed by atoms with Crippen LogP contribution in [0, 0.1) is 0 Å². The summed E-state index contributed by atoms with van der Waals surface area (Å²) in [6.45, 7) is 2.99. The van der Waals surface area contributed by atoms with Crippen molar-refractivity contribution in [3.8, 4) is 0 Å². The Morgan fingerprint density at radius 1 is 1.67 bits per heavy atom. The van der Waals surface area contributed by atoms with E-state index in [1.165, 1.54) is 0 Å². The molecule has 0 aromatic rings. The smallest absolute Gasteiger partial charge is 0.00947 e. The highest BCUT2D eigenvalue weighted by Gasteiger charge is 1.64. The van der Waals surface area contributed by atoms with E-state index in [1.54, 1.807) is 0 Å². The first-order valence-electron chi connectivity index (χ1n) is 1.85. The summed E-state index contributed by atoms with van der Waals surface area (Å²) in [7, 11) is 0. The molecule has 6 heavy (non-hydrogen) atoms. The summed E-state index contributed by atoms with van der Waals surface area (Å²) < 4.78 is 0. The Morgan fingerprint density at radius 3 is 2.17 bits per heavy atom. The second kappa shape index (κ2) is 8.96. The highest BCUT2D eigenvalue weighted by atomic mass is 35.5. The van der Waals surface area contributed by atoms with Crippen molar-refractivity contribution in [1.82, 2.24) is 5.43 Å². The molecule has 0 aliphatic carbocycles. The monoisotopic (exact) mass is 110 g/mol. The number of halogens is 1. The number of nitrogens with one attached hydrogen (secondary N) is 1. The molecule has 0 saturated carbocycles. The molecule has 40 valence electrons. The molecule has 0 aromatic carbocycles. The van der Waals surface area contributed by atoms with E-state index in [9.17, 15) is 0 Å². The molecule has 0 radical (unpaired) electrons. The lowest BCUT2D eigenvalue weighted by Gasteiger charge is -1.85. The van der Waals surface area contributed by atoms with Crippen molar-refractivity contribution in [2.45, 2.75) is 13.3 Å². The van der Waals surface area contributed by atoms with Crippen LogP contribution in [-0.4, -0.2) is 6.54 Å². The molecule has 0 atom stereocenters. The number of nitrogens with two attached hydrogens (primary N) is 1. The minimum Gasteiger partial charge on any atom is -0.271 e. The van der Waals surface area contributed by atoms with Gasteiger partial charge in [0.1, 0.15) is 0 Å². The minimum absolute atomic E-state index is 0. The fraction of sp³-hybridized carbons (Fsp3) is 1.00. The van der Waals surface area contributed by atoms with Crippen LogP contribution in [0.4, 0.5) is 0 Å². The number of rotatable bonds is 2. The van der Waals surface area contributed by atoms with Crippen LogP contribution in [0.2, 0.25) is 0 Å². The van der Waals surface area contributed by atoms with E-state index in [0.29, 0.717) is 0 Å². The van der Waals surface area contributed by atoms with Gasteiger partial charge in [-0.05, 0) is 6.42 Å². The van der Waals surface area contributed by atoms with Crippen LogP contribution in [-0.2, 0) is 0 Å². The summed E-state index contributed by atoms with van der Waals surface area (Å²) in [5.74, 6) is 4.89. The van der Waals surface area contributed by atoms with Crippen LogP contribution in [0.1, 0.15) is 13.3 Å². The molecule has 0 heterocycles. The molecule has 3 heteroatoms. The van der Waals surface area contributed by atoms with Crippen molar-refractivity contribution in [2.24, 2.45) is 5.84 Å². The van der Waals surface area contributed by atoms with Gasteiger partial charge in [0.25, 0.3) is 0 Å². The molecular formula is C3H11ClN2. The Morgan fingerprint density at radius 2 is 2.17 bits per heavy atom. The van der Waals surface area contributed by atoms with E-state index >= 15 is 0 Å². The summed E-state index contributed by atoms with van der Waals surface area (Å²) in [5.41, 5.74) is 2.52. The van der Waals surface area contributed by atoms with Gasteiger partial charge in [0, 0.05) is 6.54 Å². The van der Waals surface area contributed by atoms with Gasteiger partial charge in [0.05, 0.1) is 0 Å². The normalized spacial score (nSPS) is 7.00. The molecular weight excluding hydrogens is 99.5 g/mol. The first-order valence-corrected chi connectivity index (χ1v) is 1.85. The van der Waals surface area contributed by atoms with Crippen LogP contribution in [0.5, 0.6) is 0 Å². The Labute approximate surface area is 44.5 Å². The summed E-state index contributed by atoms with van der Waals surface area (Å²) in [6, 6.07) is 0. The molecule has 2 nitrogen and oxygen atoms in total. The van der Waals surface area contributed by atoms with Crippen LogP contribution in [0.3, 0.4) is 0 Å². The van der Waals surface area contributed by atoms with Gasteiger partial charge in [-0.15, -0.1) is 12.4 Å². The topological polar surface area (TPSA) is 38.0 Å². The fourth-order valence-electron chi connectivity index (χ4n) is 0.144. The van der Waals surface area contributed by atoms with Crippen molar-refractivity contribution in [3.63, 3.8) is 0 Å². The van der Waals surface area contributed by atoms with Crippen molar-refractivity contribution >= 4 is 12.4 Å². The molecule has 0 saturated heterocycles. The number of hydrogen-bond acceptors (Lipinski definition) is 2. The van der Waals surface area contributed by atoms with Gasteiger partial charge >= 0.3 is 0 Å². The van der Waals surface area contributed by atoms with Crippen molar-refractivity contribution in [1.29, 1.82) is 0 Å². The van der Waals surface area contributed by atoms with E-state index in [-0.39, 0.29) is 12.4 Å². The molecule has 0 fully saturated rings. The number of hydrazine groups is 1. The summed E-state index contributed by atoms with van der Waals surface area (Å²) in [5, 5.41) is 0. The Kier molecular flexibility index (Phi) is 14.2. The zero-order chi connectivity index (χ0) is 4.12. The Bertz CT molecular complexity index is 16.3. The summed E-state index contributed by atoms with van der Waals surface area (Å²) in [6.07, 6.45) is 1.11. The van der Waals surface area contributed by atoms with Crippen molar-refractivity contribution < 1.29 is 0 Å². The van der Waals surface area contributed by atoms with Gasteiger partial charge in [0.2, 0.25) is 0 Å². The zero-order valence-electron chi connectivity index (χ0n) is 3.90. The number of hydrogen-bond donors (Lipinski definition) is 2. The molecule has 0 bridgehead atoms. The summed E-state index contributed by atoms with van der Waals surface area (Å²) in [4.78, 5) is 0. The average molecular weight is 111 g/mol. The van der Waals surface area contributed by atoms with Gasteiger partial charge in [0.15, 0.2) is 0 Å². The standard InChI is InChI=1S/C3H10N2.ClH/c1-2-3-5-4;/h5H,2-4H2,1H3;1H. The van der Waals surface area contributed by atoms with Crippen LogP contribution < -0.4 is 11.3 Å². The third-order valence-corrected chi connectivity index (χ3v) is 0.394.